The molecule has 33 heavy (non-hydrogen) atoms. The first kappa shape index (κ1) is 27.5. The average Bonchev–Trinajstić information content (AvgIpc) is 3.28. The third-order valence-electron chi connectivity index (χ3n) is 5.29. The monoisotopic (exact) mass is 512 g/mol. The number of aryl methyl sites for hydroxylation is 1. The second-order valence-corrected chi connectivity index (χ2v) is 12.1. The van der Waals surface area contributed by atoms with E-state index in [0.29, 0.717) is 34.7 Å². The number of aromatic nitrogens is 1. The van der Waals surface area contributed by atoms with Gasteiger partial charge in [0.1, 0.15) is 4.32 Å². The van der Waals surface area contributed by atoms with Crippen molar-refractivity contribution in [3.63, 3.8) is 0 Å². The Balaban J connectivity index is 1.85. The van der Waals surface area contributed by atoms with Gasteiger partial charge in [-0.05, 0) is 30.5 Å². The van der Waals surface area contributed by atoms with Gasteiger partial charge in [0.05, 0.1) is 38.2 Å². The molecule has 10 heteroatoms. The van der Waals surface area contributed by atoms with Crippen molar-refractivity contribution in [2.24, 2.45) is 0 Å². The minimum Gasteiger partial charge on any atom is -0.355 e. The van der Waals surface area contributed by atoms with E-state index in [2.05, 4.69) is 17.4 Å². The molecule has 0 bridgehead atoms. The molecule has 7 nitrogen and oxygen atoms in total. The third-order valence-corrected chi connectivity index (χ3v) is 7.74. The van der Waals surface area contributed by atoms with Gasteiger partial charge in [0.2, 0.25) is 5.91 Å². The van der Waals surface area contributed by atoms with Gasteiger partial charge in [0.25, 0.3) is 10.1 Å². The van der Waals surface area contributed by atoms with Gasteiger partial charge >= 0.3 is 0 Å². The Kier molecular flexibility index (Phi) is 11.0. The smallest absolute Gasteiger partial charge is 0.265 e. The molecule has 0 saturated carbocycles. The van der Waals surface area contributed by atoms with Crippen LogP contribution in [0.15, 0.2) is 54.9 Å². The number of amides is 1. The normalized spacial score (nSPS) is 12.9. The van der Waals surface area contributed by atoms with Gasteiger partial charge in [-0.25, -0.2) is 0 Å². The van der Waals surface area contributed by atoms with E-state index in [0.717, 1.165) is 19.4 Å². The summed E-state index contributed by atoms with van der Waals surface area (Å²) in [5, 5.41) is 2.75. The first-order valence-corrected chi connectivity index (χ1v) is 13.9. The maximum Gasteiger partial charge on any atom is 0.265 e. The highest BCUT2D eigenvalue weighted by Crippen LogP contribution is 2.21. The predicted octanol–water partition coefficient (Wildman–Crippen LogP) is 3.22. The molecule has 0 aliphatic heterocycles. The zero-order valence-corrected chi connectivity index (χ0v) is 21.7. The predicted molar refractivity (Wildman–Crippen MR) is 139 cm³/mol. The number of hydrogen-bond acceptors (Lipinski definition) is 5. The molecule has 2 aromatic rings. The molecule has 2 N–H and O–H groups in total. The van der Waals surface area contributed by atoms with E-state index in [4.69, 9.17) is 16.8 Å². The molecule has 0 radical (unpaired) electrons. The van der Waals surface area contributed by atoms with Crippen LogP contribution in [0.3, 0.4) is 0 Å². The standard InChI is InChI=1S/C23H33N3O4S3/c1-26(2,18-9-19-33(28,29)30)17-8-14-24-22(27)21(13-12-20-10-4-3-5-11-20)32-23(31)25-15-6-7-16-25/h3-7,10-11,15-16,21H,8-9,12-14,17-19H2,1-2H3,(H-,24,27,28,29,30)/p+1. The molecule has 0 aliphatic carbocycles. The van der Waals surface area contributed by atoms with Crippen LogP contribution in [-0.4, -0.2) is 77.0 Å². The number of carbonyl (C=O) groups is 1. The summed E-state index contributed by atoms with van der Waals surface area (Å²) < 4.78 is 33.8. The molecule has 2 rings (SSSR count). The molecule has 0 aliphatic rings. The Hall–Kier alpha value is -1.72. The highest BCUT2D eigenvalue weighted by atomic mass is 32.2. The number of quaternary nitrogens is 1. The van der Waals surface area contributed by atoms with Crippen LogP contribution in [0.2, 0.25) is 0 Å². The van der Waals surface area contributed by atoms with Gasteiger partial charge in [-0.3, -0.25) is 9.35 Å². The van der Waals surface area contributed by atoms with Crippen LogP contribution in [0.25, 0.3) is 0 Å². The van der Waals surface area contributed by atoms with E-state index in [1.165, 1.54) is 17.3 Å². The number of benzene rings is 1. The Labute approximate surface area is 206 Å². The largest absolute Gasteiger partial charge is 0.355 e. The molecule has 1 amide bonds. The third kappa shape index (κ3) is 11.3. The highest BCUT2D eigenvalue weighted by molar-refractivity contribution is 8.23. The fourth-order valence-electron chi connectivity index (χ4n) is 3.44. The second-order valence-electron chi connectivity index (χ2n) is 8.65. The lowest BCUT2D eigenvalue weighted by atomic mass is 10.1. The lowest BCUT2D eigenvalue weighted by Crippen LogP contribution is -2.43. The van der Waals surface area contributed by atoms with Crippen LogP contribution in [0.5, 0.6) is 0 Å². The maximum atomic E-state index is 13.0. The number of rotatable bonds is 13. The molecule has 1 unspecified atom stereocenters. The number of thiocarbonyl (C=S) groups is 1. The van der Waals surface area contributed by atoms with Crippen molar-refractivity contribution in [2.75, 3.05) is 39.5 Å². The van der Waals surface area contributed by atoms with Crippen LogP contribution in [0.1, 0.15) is 24.8 Å². The zero-order valence-electron chi connectivity index (χ0n) is 19.2. The van der Waals surface area contributed by atoms with Crippen molar-refractivity contribution in [1.29, 1.82) is 0 Å². The topological polar surface area (TPSA) is 88.4 Å². The highest BCUT2D eigenvalue weighted by Gasteiger charge is 2.22. The summed E-state index contributed by atoms with van der Waals surface area (Å²) in [7, 11) is 0.101. The van der Waals surface area contributed by atoms with Crippen molar-refractivity contribution in [1.82, 2.24) is 9.88 Å². The van der Waals surface area contributed by atoms with Crippen molar-refractivity contribution in [3.05, 3.63) is 60.4 Å². The molecule has 182 valence electrons. The van der Waals surface area contributed by atoms with E-state index in [1.807, 2.05) is 61.4 Å². The Morgan fingerprint density at radius 1 is 1.12 bits per heavy atom. The van der Waals surface area contributed by atoms with Gasteiger partial charge < -0.3 is 14.4 Å². The summed E-state index contributed by atoms with van der Waals surface area (Å²) in [6.07, 6.45) is 6.39. The first-order valence-electron chi connectivity index (χ1n) is 11.0. The molecule has 0 fully saturated rings. The number of nitrogens with one attached hydrogen (secondary N) is 1. The van der Waals surface area contributed by atoms with E-state index < -0.39 is 10.1 Å². The maximum absolute atomic E-state index is 13.0. The molecular weight excluding hydrogens is 478 g/mol. The van der Waals surface area contributed by atoms with Crippen molar-refractivity contribution in [3.8, 4) is 0 Å². The summed E-state index contributed by atoms with van der Waals surface area (Å²) >= 11 is 6.94. The minimum absolute atomic E-state index is 0.0258. The van der Waals surface area contributed by atoms with E-state index in [1.54, 1.807) is 0 Å². The number of carbonyl (C=O) groups excluding carboxylic acids is 1. The van der Waals surface area contributed by atoms with Crippen LogP contribution in [0.4, 0.5) is 0 Å². The molecule has 1 heterocycles. The summed E-state index contributed by atoms with van der Waals surface area (Å²) in [5.74, 6) is -0.255. The van der Waals surface area contributed by atoms with Gasteiger partial charge in [-0.15, -0.1) is 0 Å². The van der Waals surface area contributed by atoms with Gasteiger partial charge in [-0.1, -0.05) is 54.3 Å². The van der Waals surface area contributed by atoms with Crippen molar-refractivity contribution >= 4 is 44.3 Å². The number of thioether (sulfide) groups is 1. The molecule has 1 aromatic carbocycles. The lowest BCUT2D eigenvalue weighted by Gasteiger charge is -2.29. The lowest BCUT2D eigenvalue weighted by molar-refractivity contribution is -0.890. The van der Waals surface area contributed by atoms with Crippen molar-refractivity contribution < 1.29 is 22.2 Å². The van der Waals surface area contributed by atoms with Gasteiger partial charge in [-0.2, -0.15) is 8.42 Å². The van der Waals surface area contributed by atoms with Crippen LogP contribution in [-0.2, 0) is 21.3 Å². The fraction of sp³-hybridized carbons (Fsp3) is 0.478. The summed E-state index contributed by atoms with van der Waals surface area (Å²) in [4.78, 5) is 13.0. The van der Waals surface area contributed by atoms with Gasteiger partial charge in [0, 0.05) is 31.8 Å². The molecule has 0 saturated heterocycles. The molecular formula is C23H34N3O4S3+. The summed E-state index contributed by atoms with van der Waals surface area (Å²) in [5.41, 5.74) is 1.19. The molecule has 1 atom stereocenters. The van der Waals surface area contributed by atoms with Crippen LogP contribution < -0.4 is 5.32 Å². The first-order chi connectivity index (χ1) is 15.6. The SMILES string of the molecule is C[N+](C)(CCCNC(=O)C(CCc1ccccc1)SC(=S)n1cccc1)CCCS(=O)(=O)O. The van der Waals surface area contributed by atoms with E-state index in [-0.39, 0.29) is 16.9 Å². The van der Waals surface area contributed by atoms with E-state index in [9.17, 15) is 13.2 Å². The van der Waals surface area contributed by atoms with Crippen LogP contribution >= 0.6 is 24.0 Å². The zero-order chi connectivity index (χ0) is 24.3. The Bertz CT molecular complexity index is 978. The van der Waals surface area contributed by atoms with E-state index >= 15 is 0 Å². The summed E-state index contributed by atoms with van der Waals surface area (Å²) in [6, 6.07) is 13.9. The number of hydrogen-bond donors (Lipinski definition) is 2. The molecule has 0 spiro atoms. The molecule has 1 aromatic heterocycles. The average molecular weight is 513 g/mol. The van der Waals surface area contributed by atoms with Crippen molar-refractivity contribution in [2.45, 2.75) is 30.9 Å². The Morgan fingerprint density at radius 3 is 2.39 bits per heavy atom. The number of nitrogens with zero attached hydrogens (tertiary/aromatic N) is 2. The van der Waals surface area contributed by atoms with Crippen LogP contribution in [0, 0.1) is 0 Å². The quantitative estimate of drug-likeness (QED) is 0.185. The van der Waals surface area contributed by atoms with Gasteiger partial charge in [0.15, 0.2) is 0 Å². The summed E-state index contributed by atoms with van der Waals surface area (Å²) in [6.45, 7) is 1.96. The Morgan fingerprint density at radius 2 is 1.76 bits per heavy atom. The second kappa shape index (κ2) is 13.2. The minimum atomic E-state index is -3.93. The fourth-order valence-corrected chi connectivity index (χ4v) is 5.32.